The summed E-state index contributed by atoms with van der Waals surface area (Å²) in [4.78, 5) is 4.11. The third-order valence-corrected chi connectivity index (χ3v) is 2.53. The SMILES string of the molecule is CC(Cc1ccco1)NCc1ccc(O)cn1. The number of nitrogens with one attached hydrogen (secondary N) is 1. The molecule has 4 nitrogen and oxygen atoms in total. The van der Waals surface area contributed by atoms with Gasteiger partial charge in [-0.05, 0) is 31.2 Å². The number of hydrogen-bond acceptors (Lipinski definition) is 4. The number of nitrogens with zero attached hydrogens (tertiary/aromatic N) is 1. The van der Waals surface area contributed by atoms with Crippen molar-refractivity contribution in [2.24, 2.45) is 0 Å². The maximum absolute atomic E-state index is 9.11. The van der Waals surface area contributed by atoms with Gasteiger partial charge in [-0.15, -0.1) is 0 Å². The van der Waals surface area contributed by atoms with Crippen LogP contribution in [0.4, 0.5) is 0 Å². The summed E-state index contributed by atoms with van der Waals surface area (Å²) in [5.41, 5.74) is 0.911. The lowest BCUT2D eigenvalue weighted by atomic mass is 10.2. The third kappa shape index (κ3) is 3.60. The fraction of sp³-hybridized carbons (Fsp3) is 0.308. The van der Waals surface area contributed by atoms with Gasteiger partial charge in [0.15, 0.2) is 0 Å². The maximum atomic E-state index is 9.11. The van der Waals surface area contributed by atoms with Crippen molar-refractivity contribution < 1.29 is 9.52 Å². The molecule has 0 saturated carbocycles. The summed E-state index contributed by atoms with van der Waals surface area (Å²) >= 11 is 0. The largest absolute Gasteiger partial charge is 0.506 e. The zero-order valence-electron chi connectivity index (χ0n) is 9.76. The van der Waals surface area contributed by atoms with Crippen LogP contribution in [0.25, 0.3) is 0 Å². The smallest absolute Gasteiger partial charge is 0.133 e. The first-order valence-corrected chi connectivity index (χ1v) is 5.63. The van der Waals surface area contributed by atoms with Gasteiger partial charge in [0.1, 0.15) is 11.5 Å². The number of hydrogen-bond donors (Lipinski definition) is 2. The molecule has 1 unspecified atom stereocenters. The Hall–Kier alpha value is -1.81. The molecule has 0 spiro atoms. The predicted octanol–water partition coefficient (Wildman–Crippen LogP) is 2.10. The summed E-state index contributed by atoms with van der Waals surface area (Å²) in [5, 5.41) is 12.5. The maximum Gasteiger partial charge on any atom is 0.133 e. The van der Waals surface area contributed by atoms with Crippen LogP contribution in [0, 0.1) is 0 Å². The zero-order chi connectivity index (χ0) is 12.1. The molecule has 0 bridgehead atoms. The van der Waals surface area contributed by atoms with Crippen molar-refractivity contribution in [1.82, 2.24) is 10.3 Å². The van der Waals surface area contributed by atoms with Gasteiger partial charge in [0.25, 0.3) is 0 Å². The first kappa shape index (κ1) is 11.7. The lowest BCUT2D eigenvalue weighted by molar-refractivity contribution is 0.453. The fourth-order valence-electron chi connectivity index (χ4n) is 1.60. The Balaban J connectivity index is 1.79. The molecule has 2 aromatic heterocycles. The summed E-state index contributed by atoms with van der Waals surface area (Å²) in [5.74, 6) is 1.17. The van der Waals surface area contributed by atoms with E-state index in [4.69, 9.17) is 9.52 Å². The lowest BCUT2D eigenvalue weighted by Crippen LogP contribution is -2.27. The fourth-order valence-corrected chi connectivity index (χ4v) is 1.60. The molecule has 2 N–H and O–H groups in total. The van der Waals surface area contributed by atoms with Gasteiger partial charge in [0, 0.05) is 19.0 Å². The Morgan fingerprint density at radius 1 is 1.41 bits per heavy atom. The molecule has 0 aliphatic carbocycles. The van der Waals surface area contributed by atoms with Crippen LogP contribution in [0.15, 0.2) is 41.1 Å². The van der Waals surface area contributed by atoms with Crippen molar-refractivity contribution in [2.75, 3.05) is 0 Å². The van der Waals surface area contributed by atoms with Crippen LogP contribution < -0.4 is 5.32 Å². The molecule has 2 rings (SSSR count). The molecule has 0 aliphatic heterocycles. The molecule has 0 aliphatic rings. The molecule has 0 aromatic carbocycles. The van der Waals surface area contributed by atoms with E-state index in [9.17, 15) is 0 Å². The molecule has 1 atom stereocenters. The van der Waals surface area contributed by atoms with E-state index < -0.39 is 0 Å². The van der Waals surface area contributed by atoms with Crippen molar-refractivity contribution in [1.29, 1.82) is 0 Å². The monoisotopic (exact) mass is 232 g/mol. The number of pyridine rings is 1. The molecule has 2 heterocycles. The topological polar surface area (TPSA) is 58.3 Å². The highest BCUT2D eigenvalue weighted by molar-refractivity contribution is 5.17. The summed E-state index contributed by atoms with van der Waals surface area (Å²) < 4.78 is 5.28. The Labute approximate surface area is 100 Å². The standard InChI is InChI=1S/C13H16N2O2/c1-10(7-13-3-2-6-17-13)14-8-11-4-5-12(16)9-15-11/h2-6,9-10,14,16H,7-8H2,1H3. The van der Waals surface area contributed by atoms with Crippen LogP contribution in [0.2, 0.25) is 0 Å². The van der Waals surface area contributed by atoms with Gasteiger partial charge in [-0.3, -0.25) is 4.98 Å². The minimum absolute atomic E-state index is 0.192. The van der Waals surface area contributed by atoms with Gasteiger partial charge >= 0.3 is 0 Å². The van der Waals surface area contributed by atoms with Crippen LogP contribution in [-0.2, 0) is 13.0 Å². The van der Waals surface area contributed by atoms with Gasteiger partial charge in [0.2, 0.25) is 0 Å². The highest BCUT2D eigenvalue weighted by Gasteiger charge is 2.05. The van der Waals surface area contributed by atoms with E-state index in [1.807, 2.05) is 18.2 Å². The second kappa shape index (κ2) is 5.50. The predicted molar refractivity (Wildman–Crippen MR) is 64.6 cm³/mol. The third-order valence-electron chi connectivity index (χ3n) is 2.53. The van der Waals surface area contributed by atoms with E-state index in [2.05, 4.69) is 17.2 Å². The van der Waals surface area contributed by atoms with Crippen molar-refractivity contribution in [3.8, 4) is 5.75 Å². The molecule has 90 valence electrons. The van der Waals surface area contributed by atoms with Crippen LogP contribution in [0.5, 0.6) is 5.75 Å². The summed E-state index contributed by atoms with van der Waals surface area (Å²) in [6.45, 7) is 2.78. The molecule has 0 radical (unpaired) electrons. The van der Waals surface area contributed by atoms with E-state index in [1.165, 1.54) is 6.20 Å². The van der Waals surface area contributed by atoms with Gasteiger partial charge < -0.3 is 14.8 Å². The van der Waals surface area contributed by atoms with Gasteiger partial charge in [-0.2, -0.15) is 0 Å². The van der Waals surface area contributed by atoms with E-state index in [0.29, 0.717) is 12.6 Å². The molecule has 2 aromatic rings. The number of aromatic hydroxyl groups is 1. The number of furan rings is 1. The molecule has 0 fully saturated rings. The average Bonchev–Trinajstić information content (AvgIpc) is 2.81. The minimum atomic E-state index is 0.192. The first-order valence-electron chi connectivity index (χ1n) is 5.63. The van der Waals surface area contributed by atoms with E-state index in [-0.39, 0.29) is 5.75 Å². The van der Waals surface area contributed by atoms with Gasteiger partial charge in [-0.25, -0.2) is 0 Å². The molecule has 0 saturated heterocycles. The van der Waals surface area contributed by atoms with E-state index in [1.54, 1.807) is 12.3 Å². The first-order chi connectivity index (χ1) is 8.24. The quantitative estimate of drug-likeness (QED) is 0.828. The summed E-state index contributed by atoms with van der Waals surface area (Å²) in [6.07, 6.45) is 3.99. The van der Waals surface area contributed by atoms with E-state index in [0.717, 1.165) is 17.9 Å². The zero-order valence-corrected chi connectivity index (χ0v) is 9.76. The number of rotatable bonds is 5. The summed E-state index contributed by atoms with van der Waals surface area (Å²) in [7, 11) is 0. The normalized spacial score (nSPS) is 12.5. The second-order valence-corrected chi connectivity index (χ2v) is 4.07. The van der Waals surface area contributed by atoms with Crippen LogP contribution in [0.3, 0.4) is 0 Å². The number of aromatic nitrogens is 1. The van der Waals surface area contributed by atoms with Gasteiger partial charge in [0.05, 0.1) is 18.2 Å². The minimum Gasteiger partial charge on any atom is -0.506 e. The molecule has 17 heavy (non-hydrogen) atoms. The molecule has 4 heteroatoms. The molecular weight excluding hydrogens is 216 g/mol. The van der Waals surface area contributed by atoms with Crippen molar-refractivity contribution >= 4 is 0 Å². The Morgan fingerprint density at radius 2 is 2.29 bits per heavy atom. The van der Waals surface area contributed by atoms with Crippen LogP contribution >= 0.6 is 0 Å². The highest BCUT2D eigenvalue weighted by atomic mass is 16.3. The van der Waals surface area contributed by atoms with Gasteiger partial charge in [-0.1, -0.05) is 0 Å². The summed E-state index contributed by atoms with van der Waals surface area (Å²) in [6, 6.07) is 7.63. The Kier molecular flexibility index (Phi) is 3.77. The molecular formula is C13H16N2O2. The van der Waals surface area contributed by atoms with E-state index >= 15 is 0 Å². The Bertz CT molecular complexity index is 437. The Morgan fingerprint density at radius 3 is 2.94 bits per heavy atom. The second-order valence-electron chi connectivity index (χ2n) is 4.07. The lowest BCUT2D eigenvalue weighted by Gasteiger charge is -2.11. The van der Waals surface area contributed by atoms with Crippen LogP contribution in [-0.4, -0.2) is 16.1 Å². The highest BCUT2D eigenvalue weighted by Crippen LogP contribution is 2.07. The average molecular weight is 232 g/mol. The molecule has 0 amide bonds. The van der Waals surface area contributed by atoms with Crippen molar-refractivity contribution in [3.05, 3.63) is 48.2 Å². The van der Waals surface area contributed by atoms with Crippen molar-refractivity contribution in [3.63, 3.8) is 0 Å². The van der Waals surface area contributed by atoms with Crippen LogP contribution in [0.1, 0.15) is 18.4 Å². The van der Waals surface area contributed by atoms with Crippen molar-refractivity contribution in [2.45, 2.75) is 25.9 Å².